The summed E-state index contributed by atoms with van der Waals surface area (Å²) in [5, 5.41) is 3.40. The second-order valence-corrected chi connectivity index (χ2v) is 4.32. The quantitative estimate of drug-likeness (QED) is 0.847. The Morgan fingerprint density at radius 3 is 2.75 bits per heavy atom. The molecule has 1 aliphatic carbocycles. The van der Waals surface area contributed by atoms with Gasteiger partial charge in [0.05, 0.1) is 7.11 Å². The predicted octanol–water partition coefficient (Wildman–Crippen LogP) is 2.87. The van der Waals surface area contributed by atoms with E-state index in [-0.39, 0.29) is 5.82 Å². The maximum Gasteiger partial charge on any atom is 0.131 e. The predicted molar refractivity (Wildman–Crippen MR) is 62.0 cm³/mol. The van der Waals surface area contributed by atoms with Gasteiger partial charge >= 0.3 is 0 Å². The molecule has 0 spiro atoms. The summed E-state index contributed by atoms with van der Waals surface area (Å²) in [6.45, 7) is 0.612. The van der Waals surface area contributed by atoms with Crippen LogP contribution in [-0.2, 0) is 6.54 Å². The van der Waals surface area contributed by atoms with E-state index in [1.54, 1.807) is 19.2 Å². The molecule has 2 nitrogen and oxygen atoms in total. The van der Waals surface area contributed by atoms with Crippen LogP contribution in [0.2, 0.25) is 0 Å². The van der Waals surface area contributed by atoms with Gasteiger partial charge in [0, 0.05) is 24.2 Å². The lowest BCUT2D eigenvalue weighted by atomic mass is 10.1. The zero-order valence-corrected chi connectivity index (χ0v) is 9.63. The highest BCUT2D eigenvalue weighted by atomic mass is 19.1. The molecule has 1 fully saturated rings. The van der Waals surface area contributed by atoms with Crippen LogP contribution in [0.3, 0.4) is 0 Å². The fraction of sp³-hybridized carbons (Fsp3) is 0.538. The van der Waals surface area contributed by atoms with Crippen molar-refractivity contribution in [3.63, 3.8) is 0 Å². The molecule has 0 amide bonds. The molecular weight excluding hydrogens is 205 g/mol. The second-order valence-electron chi connectivity index (χ2n) is 4.32. The number of nitrogens with one attached hydrogen (secondary N) is 1. The zero-order valence-electron chi connectivity index (χ0n) is 9.63. The average molecular weight is 223 g/mol. The molecule has 0 heterocycles. The fourth-order valence-electron chi connectivity index (χ4n) is 2.18. The van der Waals surface area contributed by atoms with Crippen LogP contribution in [0, 0.1) is 5.82 Å². The first-order valence-electron chi connectivity index (χ1n) is 5.85. The van der Waals surface area contributed by atoms with E-state index < -0.39 is 0 Å². The Morgan fingerprint density at radius 1 is 1.38 bits per heavy atom. The molecule has 0 aromatic heterocycles. The van der Waals surface area contributed by atoms with Crippen LogP contribution in [0.1, 0.15) is 31.2 Å². The van der Waals surface area contributed by atoms with Gasteiger partial charge in [-0.05, 0) is 18.9 Å². The van der Waals surface area contributed by atoms with E-state index in [2.05, 4.69) is 5.32 Å². The third-order valence-electron chi connectivity index (χ3n) is 3.20. The second kappa shape index (κ2) is 5.30. The normalized spacial score (nSPS) is 16.6. The van der Waals surface area contributed by atoms with Crippen molar-refractivity contribution in [2.45, 2.75) is 38.3 Å². The van der Waals surface area contributed by atoms with Crippen molar-refractivity contribution in [1.82, 2.24) is 5.32 Å². The SMILES string of the molecule is COc1ccc(CNC2CCCC2)c(F)c1. The molecule has 0 bridgehead atoms. The summed E-state index contributed by atoms with van der Waals surface area (Å²) in [5.41, 5.74) is 0.715. The van der Waals surface area contributed by atoms with Crippen LogP contribution in [0.4, 0.5) is 4.39 Å². The molecule has 0 atom stereocenters. The molecule has 0 unspecified atom stereocenters. The van der Waals surface area contributed by atoms with Crippen LogP contribution >= 0.6 is 0 Å². The van der Waals surface area contributed by atoms with Crippen molar-refractivity contribution in [2.24, 2.45) is 0 Å². The van der Waals surface area contributed by atoms with Crippen LogP contribution in [-0.4, -0.2) is 13.2 Å². The van der Waals surface area contributed by atoms with Gasteiger partial charge < -0.3 is 10.1 Å². The van der Waals surface area contributed by atoms with Gasteiger partial charge in [-0.1, -0.05) is 18.9 Å². The van der Waals surface area contributed by atoms with Gasteiger partial charge in [0.1, 0.15) is 11.6 Å². The lowest BCUT2D eigenvalue weighted by molar-refractivity contribution is 0.410. The monoisotopic (exact) mass is 223 g/mol. The first kappa shape index (κ1) is 11.4. The Morgan fingerprint density at radius 2 is 2.12 bits per heavy atom. The minimum Gasteiger partial charge on any atom is -0.497 e. The standard InChI is InChI=1S/C13H18FNO/c1-16-12-7-6-10(13(14)8-12)9-15-11-4-2-3-5-11/h6-8,11,15H,2-5,9H2,1H3. The van der Waals surface area contributed by atoms with Gasteiger partial charge in [0.25, 0.3) is 0 Å². The van der Waals surface area contributed by atoms with Crippen LogP contribution in [0.5, 0.6) is 5.75 Å². The van der Waals surface area contributed by atoms with Crippen LogP contribution in [0.25, 0.3) is 0 Å². The van der Waals surface area contributed by atoms with Crippen LogP contribution in [0.15, 0.2) is 18.2 Å². The number of methoxy groups -OCH3 is 1. The molecule has 2 rings (SSSR count). The van der Waals surface area contributed by atoms with E-state index in [9.17, 15) is 4.39 Å². The van der Waals surface area contributed by atoms with Gasteiger partial charge in [-0.15, -0.1) is 0 Å². The zero-order chi connectivity index (χ0) is 11.4. The lowest BCUT2D eigenvalue weighted by Crippen LogP contribution is -2.25. The number of hydrogen-bond acceptors (Lipinski definition) is 2. The van der Waals surface area contributed by atoms with Gasteiger partial charge in [-0.3, -0.25) is 0 Å². The van der Waals surface area contributed by atoms with Crippen molar-refractivity contribution in [3.8, 4) is 5.75 Å². The molecule has 88 valence electrons. The molecule has 16 heavy (non-hydrogen) atoms. The van der Waals surface area contributed by atoms with Crippen molar-refractivity contribution >= 4 is 0 Å². The minimum atomic E-state index is -0.190. The third-order valence-corrected chi connectivity index (χ3v) is 3.20. The maximum absolute atomic E-state index is 13.6. The van der Waals surface area contributed by atoms with E-state index in [4.69, 9.17) is 4.74 Å². The Kier molecular flexibility index (Phi) is 3.78. The fourth-order valence-corrected chi connectivity index (χ4v) is 2.18. The molecule has 1 aromatic carbocycles. The summed E-state index contributed by atoms with van der Waals surface area (Å²) in [7, 11) is 1.55. The van der Waals surface area contributed by atoms with Crippen molar-refractivity contribution in [1.29, 1.82) is 0 Å². The van der Waals surface area contributed by atoms with Crippen molar-refractivity contribution in [2.75, 3.05) is 7.11 Å². The van der Waals surface area contributed by atoms with Gasteiger partial charge in [-0.25, -0.2) is 4.39 Å². The molecule has 3 heteroatoms. The Bertz CT molecular complexity index is 348. The highest BCUT2D eigenvalue weighted by molar-refractivity contribution is 5.28. The van der Waals surface area contributed by atoms with Crippen LogP contribution < -0.4 is 10.1 Å². The Hall–Kier alpha value is -1.09. The smallest absolute Gasteiger partial charge is 0.131 e. The molecule has 1 aromatic rings. The number of rotatable bonds is 4. The molecular formula is C13H18FNO. The highest BCUT2D eigenvalue weighted by Gasteiger charge is 2.14. The summed E-state index contributed by atoms with van der Waals surface area (Å²) >= 11 is 0. The van der Waals surface area contributed by atoms with Gasteiger partial charge in [0.2, 0.25) is 0 Å². The molecule has 1 saturated carbocycles. The maximum atomic E-state index is 13.6. The third kappa shape index (κ3) is 2.73. The van der Waals surface area contributed by atoms with E-state index in [1.807, 2.05) is 0 Å². The van der Waals surface area contributed by atoms with E-state index in [0.717, 1.165) is 0 Å². The first-order chi connectivity index (χ1) is 7.79. The number of halogens is 1. The van der Waals surface area contributed by atoms with E-state index in [0.29, 0.717) is 23.9 Å². The Labute approximate surface area is 95.8 Å². The molecule has 0 aliphatic heterocycles. The van der Waals surface area contributed by atoms with E-state index >= 15 is 0 Å². The number of hydrogen-bond donors (Lipinski definition) is 1. The largest absolute Gasteiger partial charge is 0.497 e. The highest BCUT2D eigenvalue weighted by Crippen LogP contribution is 2.20. The first-order valence-corrected chi connectivity index (χ1v) is 5.85. The summed E-state index contributed by atoms with van der Waals surface area (Å²) in [6, 6.07) is 5.60. The summed E-state index contributed by atoms with van der Waals surface area (Å²) < 4.78 is 18.6. The van der Waals surface area contributed by atoms with Gasteiger partial charge in [-0.2, -0.15) is 0 Å². The lowest BCUT2D eigenvalue weighted by Gasteiger charge is -2.12. The molecule has 0 saturated heterocycles. The van der Waals surface area contributed by atoms with Gasteiger partial charge in [0.15, 0.2) is 0 Å². The summed E-state index contributed by atoms with van der Waals surface area (Å²) in [5.74, 6) is 0.381. The molecule has 0 radical (unpaired) electrons. The summed E-state index contributed by atoms with van der Waals surface area (Å²) in [4.78, 5) is 0. The number of benzene rings is 1. The average Bonchev–Trinajstić information content (AvgIpc) is 2.80. The molecule has 1 N–H and O–H groups in total. The van der Waals surface area contributed by atoms with E-state index in [1.165, 1.54) is 31.7 Å². The number of ether oxygens (including phenoxy) is 1. The molecule has 1 aliphatic rings. The topological polar surface area (TPSA) is 21.3 Å². The van der Waals surface area contributed by atoms with Crippen molar-refractivity contribution < 1.29 is 9.13 Å². The summed E-state index contributed by atoms with van der Waals surface area (Å²) in [6.07, 6.45) is 5.03. The van der Waals surface area contributed by atoms with Crippen molar-refractivity contribution in [3.05, 3.63) is 29.6 Å². The Balaban J connectivity index is 1.93. The minimum absolute atomic E-state index is 0.190.